The van der Waals surface area contributed by atoms with Crippen LogP contribution in [0.25, 0.3) is 0 Å². The lowest BCUT2D eigenvalue weighted by atomic mass is 10.1. The minimum Gasteiger partial charge on any atom is -0.274 e. The van der Waals surface area contributed by atoms with Gasteiger partial charge in [0.15, 0.2) is 0 Å². The van der Waals surface area contributed by atoms with Crippen molar-refractivity contribution in [2.45, 2.75) is 38.0 Å². The van der Waals surface area contributed by atoms with Gasteiger partial charge in [-0.15, -0.1) is 0 Å². The van der Waals surface area contributed by atoms with Gasteiger partial charge in [0.1, 0.15) is 0 Å². The van der Waals surface area contributed by atoms with Gasteiger partial charge in [-0.25, -0.2) is 0 Å². The first-order chi connectivity index (χ1) is 5.34. The first kappa shape index (κ1) is 9.58. The Balaban J connectivity index is 2.92. The second-order valence-corrected chi connectivity index (χ2v) is 4.69. The number of carbonyl (C=O) groups is 2. The summed E-state index contributed by atoms with van der Waals surface area (Å²) in [6.07, 6.45) is 0.285. The number of hydrogen-bond acceptors (Lipinski definition) is 2. The third-order valence-electron chi connectivity index (χ3n) is 1.82. The lowest BCUT2D eigenvalue weighted by Crippen LogP contribution is -2.46. The Labute approximate surface area is 77.5 Å². The molecule has 0 aromatic heterocycles. The lowest BCUT2D eigenvalue weighted by Gasteiger charge is -2.29. The van der Waals surface area contributed by atoms with Crippen molar-refractivity contribution in [3.8, 4) is 0 Å². The van der Waals surface area contributed by atoms with Crippen molar-refractivity contribution in [2.24, 2.45) is 0 Å². The Morgan fingerprint density at radius 2 is 1.92 bits per heavy atom. The van der Waals surface area contributed by atoms with E-state index in [1.807, 2.05) is 20.8 Å². The number of likely N-dealkylation sites (tertiary alicyclic amines) is 1. The Bertz CT molecular complexity index is 232. The zero-order valence-corrected chi connectivity index (χ0v) is 8.55. The maximum Gasteiger partial charge on any atom is 0.282 e. The largest absolute Gasteiger partial charge is 0.282 e. The van der Waals surface area contributed by atoms with E-state index in [-0.39, 0.29) is 23.5 Å². The smallest absolute Gasteiger partial charge is 0.274 e. The molecule has 0 aromatic rings. The van der Waals surface area contributed by atoms with E-state index < -0.39 is 5.54 Å². The van der Waals surface area contributed by atoms with Gasteiger partial charge in [0.2, 0.25) is 11.2 Å². The van der Waals surface area contributed by atoms with Gasteiger partial charge in [0, 0.05) is 5.54 Å². The first-order valence-corrected chi connectivity index (χ1v) is 4.50. The second-order valence-electron chi connectivity index (χ2n) is 3.99. The highest BCUT2D eigenvalue weighted by atomic mass is 32.1. The van der Waals surface area contributed by atoms with Crippen LogP contribution in [0.2, 0.25) is 0 Å². The standard InChI is InChI=1S/C8H13NO2S/c1-8(2,3)9-6(10)4-5(12)7(9)11/h5,12H,4H2,1-3H3/p+1. The normalized spacial score (nSPS) is 25.3. The molecule has 2 amide bonds. The molecule has 3 nitrogen and oxygen atoms in total. The molecular formula is C8H14NO2S+. The topological polar surface area (TPSA) is 37.4 Å². The number of imide groups is 1. The van der Waals surface area contributed by atoms with Crippen LogP contribution < -0.4 is 0 Å². The Hall–Kier alpha value is -0.510. The van der Waals surface area contributed by atoms with Crippen LogP contribution >= 0.6 is 0 Å². The predicted molar refractivity (Wildman–Crippen MR) is 50.2 cm³/mol. The summed E-state index contributed by atoms with van der Waals surface area (Å²) in [6.45, 7) is 5.56. The minimum atomic E-state index is -0.393. The molecule has 1 aliphatic rings. The molecule has 1 saturated heterocycles. The summed E-state index contributed by atoms with van der Waals surface area (Å²) < 4.78 is 0. The summed E-state index contributed by atoms with van der Waals surface area (Å²) in [5.74, 6) is -0.211. The number of rotatable bonds is 0. The molecule has 1 rings (SSSR count). The molecule has 1 fully saturated rings. The van der Waals surface area contributed by atoms with Crippen LogP contribution in [0.15, 0.2) is 0 Å². The molecular weight excluding hydrogens is 174 g/mol. The van der Waals surface area contributed by atoms with E-state index in [0.29, 0.717) is 0 Å². The summed E-state index contributed by atoms with van der Waals surface area (Å²) in [5.41, 5.74) is -0.393. The van der Waals surface area contributed by atoms with Crippen molar-refractivity contribution in [2.75, 3.05) is 0 Å². The van der Waals surface area contributed by atoms with E-state index >= 15 is 0 Å². The molecule has 0 aliphatic carbocycles. The van der Waals surface area contributed by atoms with E-state index in [0.717, 1.165) is 0 Å². The molecule has 4 heteroatoms. The molecule has 12 heavy (non-hydrogen) atoms. The van der Waals surface area contributed by atoms with Gasteiger partial charge in [-0.3, -0.25) is 14.5 Å². The number of amides is 2. The fourth-order valence-corrected chi connectivity index (χ4v) is 1.64. The lowest BCUT2D eigenvalue weighted by molar-refractivity contribution is -0.143. The second kappa shape index (κ2) is 2.76. The Morgan fingerprint density at radius 3 is 2.08 bits per heavy atom. The summed E-state index contributed by atoms with van der Waals surface area (Å²) in [7, 11) is 0. The van der Waals surface area contributed by atoms with Crippen LogP contribution in [-0.2, 0) is 22.2 Å². The summed E-state index contributed by atoms with van der Waals surface area (Å²) in [5, 5.41) is -0.322. The first-order valence-electron chi connectivity index (χ1n) is 3.92. The molecule has 1 unspecified atom stereocenters. The zero-order chi connectivity index (χ0) is 9.52. The molecule has 1 heterocycles. The molecule has 1 atom stereocenters. The van der Waals surface area contributed by atoms with Crippen molar-refractivity contribution in [1.29, 1.82) is 0 Å². The van der Waals surface area contributed by atoms with E-state index in [2.05, 4.69) is 12.6 Å². The molecule has 0 aromatic carbocycles. The van der Waals surface area contributed by atoms with Crippen molar-refractivity contribution < 1.29 is 9.59 Å². The van der Waals surface area contributed by atoms with Crippen molar-refractivity contribution in [3.63, 3.8) is 0 Å². The Kier molecular flexibility index (Phi) is 2.21. The predicted octanol–water partition coefficient (Wildman–Crippen LogP) is -0.0761. The Morgan fingerprint density at radius 1 is 1.42 bits per heavy atom. The average Bonchev–Trinajstić information content (AvgIpc) is 2.05. The maximum absolute atomic E-state index is 11.4. The maximum atomic E-state index is 11.4. The van der Waals surface area contributed by atoms with Gasteiger partial charge in [-0.2, -0.15) is 0 Å². The molecule has 0 saturated carbocycles. The van der Waals surface area contributed by atoms with Gasteiger partial charge < -0.3 is 0 Å². The molecule has 0 spiro atoms. The van der Waals surface area contributed by atoms with Gasteiger partial charge in [0.05, 0.1) is 6.42 Å². The number of nitrogens with zero attached hydrogens (tertiary/aromatic N) is 1. The molecule has 0 bridgehead atoms. The van der Waals surface area contributed by atoms with Crippen LogP contribution in [0, 0.1) is 0 Å². The molecule has 1 aliphatic heterocycles. The van der Waals surface area contributed by atoms with E-state index in [4.69, 9.17) is 0 Å². The highest BCUT2D eigenvalue weighted by Crippen LogP contribution is 2.23. The number of hydrogen-bond donors (Lipinski definition) is 0. The van der Waals surface area contributed by atoms with Crippen molar-refractivity contribution >= 4 is 24.4 Å². The van der Waals surface area contributed by atoms with Crippen molar-refractivity contribution in [3.05, 3.63) is 0 Å². The molecule has 68 valence electrons. The fourth-order valence-electron chi connectivity index (χ4n) is 1.34. The highest BCUT2D eigenvalue weighted by Gasteiger charge is 2.45. The third-order valence-corrected chi connectivity index (χ3v) is 2.27. The van der Waals surface area contributed by atoms with Crippen LogP contribution in [0.3, 0.4) is 0 Å². The van der Waals surface area contributed by atoms with Crippen LogP contribution in [0.4, 0.5) is 0 Å². The third kappa shape index (κ3) is 1.48. The van der Waals surface area contributed by atoms with Gasteiger partial charge >= 0.3 is 0 Å². The SMILES string of the molecule is CC(C)(C)N1C(=O)CC([SH2+])C1=O. The highest BCUT2D eigenvalue weighted by molar-refractivity contribution is 7.60. The van der Waals surface area contributed by atoms with E-state index in [1.165, 1.54) is 4.90 Å². The van der Waals surface area contributed by atoms with Gasteiger partial charge in [-0.05, 0) is 33.4 Å². The quantitative estimate of drug-likeness (QED) is 0.394. The van der Waals surface area contributed by atoms with Crippen molar-refractivity contribution in [1.82, 2.24) is 4.90 Å². The summed E-state index contributed by atoms with van der Waals surface area (Å²) in [4.78, 5) is 24.1. The minimum absolute atomic E-state index is 0.0903. The summed E-state index contributed by atoms with van der Waals surface area (Å²) in [6, 6.07) is 0. The van der Waals surface area contributed by atoms with E-state index in [1.54, 1.807) is 0 Å². The molecule has 0 radical (unpaired) electrons. The van der Waals surface area contributed by atoms with Crippen LogP contribution in [0.1, 0.15) is 27.2 Å². The van der Waals surface area contributed by atoms with Gasteiger partial charge in [0.25, 0.3) is 5.91 Å². The molecule has 0 N–H and O–H groups in total. The van der Waals surface area contributed by atoms with E-state index in [9.17, 15) is 9.59 Å². The van der Waals surface area contributed by atoms with Crippen LogP contribution in [-0.4, -0.2) is 27.5 Å². The van der Waals surface area contributed by atoms with Crippen LogP contribution in [0.5, 0.6) is 0 Å². The van der Waals surface area contributed by atoms with Gasteiger partial charge in [-0.1, -0.05) is 0 Å². The average molecular weight is 188 g/mol. The monoisotopic (exact) mass is 188 g/mol. The number of carbonyl (C=O) groups excluding carboxylic acids is 2. The zero-order valence-electron chi connectivity index (χ0n) is 7.55. The summed E-state index contributed by atoms with van der Waals surface area (Å²) >= 11 is 3.22. The fraction of sp³-hybridized carbons (Fsp3) is 0.750.